The van der Waals surface area contributed by atoms with Gasteiger partial charge in [-0.15, -0.1) is 0 Å². The zero-order valence-corrected chi connectivity index (χ0v) is 5.85. The number of aliphatic hydroxyl groups excluding tert-OH is 1. The maximum Gasteiger partial charge on any atom is 0.414 e. The van der Waals surface area contributed by atoms with Crippen LogP contribution in [-0.4, -0.2) is 21.8 Å². The van der Waals surface area contributed by atoms with Crippen molar-refractivity contribution in [3.8, 4) is 11.8 Å². The molecule has 0 saturated heterocycles. The van der Waals surface area contributed by atoms with Crippen LogP contribution in [-0.2, 0) is 0 Å². The molecule has 0 bridgehead atoms. The summed E-state index contributed by atoms with van der Waals surface area (Å²) in [7, 11) is 0. The minimum Gasteiger partial charge on any atom is -0.384 e. The Bertz CT molecular complexity index is 346. The third kappa shape index (κ3) is 1.81. The molecule has 0 atom stereocenters. The molecular weight excluding hydrogens is 164 g/mol. The topological polar surface area (TPSA) is 89.4 Å². The molecule has 0 saturated carbocycles. The van der Waals surface area contributed by atoms with Crippen molar-refractivity contribution in [3.63, 3.8) is 0 Å². The molecule has 1 rings (SSSR count). The van der Waals surface area contributed by atoms with Gasteiger partial charge in [0.15, 0.2) is 5.16 Å². The molecule has 0 aliphatic rings. The third-order valence-corrected chi connectivity index (χ3v) is 0.975. The van der Waals surface area contributed by atoms with E-state index >= 15 is 0 Å². The summed E-state index contributed by atoms with van der Waals surface area (Å²) in [6, 6.07) is 1.09. The van der Waals surface area contributed by atoms with Gasteiger partial charge in [-0.05, 0) is 10.8 Å². The Kier molecular flexibility index (Phi) is 2.40. The lowest BCUT2D eigenvalue weighted by atomic mass is 10.4. The molecule has 1 aromatic heterocycles. The van der Waals surface area contributed by atoms with Gasteiger partial charge in [-0.2, -0.15) is 0 Å². The van der Waals surface area contributed by atoms with E-state index in [0.717, 1.165) is 6.07 Å². The van der Waals surface area contributed by atoms with Gasteiger partial charge < -0.3 is 15.2 Å². The number of hydrogen-bond donors (Lipinski definition) is 1. The molecule has 0 unspecified atom stereocenters. The summed E-state index contributed by atoms with van der Waals surface area (Å²) < 4.78 is 4.45. The third-order valence-electron chi connectivity index (χ3n) is 0.975. The van der Waals surface area contributed by atoms with Crippen molar-refractivity contribution in [3.05, 3.63) is 21.9 Å². The number of hydrogen-bond acceptors (Lipinski definition) is 5. The Balaban J connectivity index is 2.84. The number of rotatable bonds is 1. The van der Waals surface area contributed by atoms with Crippen molar-refractivity contribution in [2.24, 2.45) is 0 Å². The molecular formula is C6H4N2O4. The average Bonchev–Trinajstić information content (AvgIpc) is 2.48. The summed E-state index contributed by atoms with van der Waals surface area (Å²) in [6.45, 7) is -0.325. The molecule has 1 aromatic rings. The minimum atomic E-state index is -0.687. The Hall–Kier alpha value is -1.87. The van der Waals surface area contributed by atoms with Crippen molar-refractivity contribution in [2.75, 3.05) is 6.61 Å². The van der Waals surface area contributed by atoms with E-state index in [0.29, 0.717) is 0 Å². The second-order valence-electron chi connectivity index (χ2n) is 1.77. The fourth-order valence-electron chi connectivity index (χ4n) is 0.537. The predicted octanol–water partition coefficient (Wildman–Crippen LogP) is -0.0734. The highest BCUT2D eigenvalue weighted by atomic mass is 16.6. The van der Waals surface area contributed by atoms with Crippen molar-refractivity contribution in [1.29, 1.82) is 0 Å². The zero-order chi connectivity index (χ0) is 8.97. The summed E-state index contributed by atoms with van der Waals surface area (Å²) in [5.74, 6) is 4.28. The quantitative estimate of drug-likeness (QED) is 0.360. The van der Waals surface area contributed by atoms with Gasteiger partial charge in [0.2, 0.25) is 5.76 Å². The maximum absolute atomic E-state index is 10.1. The van der Waals surface area contributed by atoms with Gasteiger partial charge in [0.1, 0.15) is 6.61 Å². The van der Waals surface area contributed by atoms with Gasteiger partial charge in [-0.25, -0.2) is 4.52 Å². The molecule has 0 aromatic carbocycles. The fourth-order valence-corrected chi connectivity index (χ4v) is 0.537. The van der Waals surface area contributed by atoms with E-state index in [1.807, 2.05) is 0 Å². The molecule has 0 radical (unpaired) electrons. The molecule has 62 valence electrons. The second-order valence-corrected chi connectivity index (χ2v) is 1.77. The van der Waals surface area contributed by atoms with Crippen LogP contribution >= 0.6 is 0 Å². The summed E-state index contributed by atoms with van der Waals surface area (Å²) in [5.41, 5.74) is 0. The summed E-state index contributed by atoms with van der Waals surface area (Å²) in [6.07, 6.45) is 0. The first kappa shape index (κ1) is 8.23. The van der Waals surface area contributed by atoms with Gasteiger partial charge in [0.25, 0.3) is 0 Å². The van der Waals surface area contributed by atoms with Crippen molar-refractivity contribution < 1.29 is 14.6 Å². The van der Waals surface area contributed by atoms with E-state index in [1.54, 1.807) is 0 Å². The second kappa shape index (κ2) is 3.50. The first-order valence-electron chi connectivity index (χ1n) is 2.95. The first-order chi connectivity index (χ1) is 5.74. The van der Waals surface area contributed by atoms with Crippen molar-refractivity contribution >= 4 is 5.82 Å². The van der Waals surface area contributed by atoms with Gasteiger partial charge in [-0.1, -0.05) is 5.92 Å². The molecule has 12 heavy (non-hydrogen) atoms. The lowest BCUT2D eigenvalue weighted by Gasteiger charge is -1.79. The van der Waals surface area contributed by atoms with E-state index < -0.39 is 10.7 Å². The summed E-state index contributed by atoms with van der Waals surface area (Å²) >= 11 is 0. The molecule has 6 nitrogen and oxygen atoms in total. The average molecular weight is 168 g/mol. The first-order valence-corrected chi connectivity index (χ1v) is 2.95. The molecule has 0 aliphatic carbocycles. The van der Waals surface area contributed by atoms with E-state index in [-0.39, 0.29) is 12.4 Å². The van der Waals surface area contributed by atoms with E-state index in [2.05, 4.69) is 21.5 Å². The largest absolute Gasteiger partial charge is 0.414 e. The SMILES string of the molecule is O=[N+]([O-])c1cc(C#CCO)on1. The highest BCUT2D eigenvalue weighted by Crippen LogP contribution is 2.09. The van der Waals surface area contributed by atoms with Gasteiger partial charge in [0, 0.05) is 0 Å². The van der Waals surface area contributed by atoms with Crippen LogP contribution in [0.15, 0.2) is 10.6 Å². The van der Waals surface area contributed by atoms with Gasteiger partial charge >= 0.3 is 5.82 Å². The lowest BCUT2D eigenvalue weighted by Crippen LogP contribution is -1.85. The Morgan fingerprint density at radius 3 is 3.08 bits per heavy atom. The molecule has 0 fully saturated rings. The molecule has 1 heterocycles. The lowest BCUT2D eigenvalue weighted by molar-refractivity contribution is -0.390. The van der Waals surface area contributed by atoms with Crippen LogP contribution in [0, 0.1) is 22.0 Å². The van der Waals surface area contributed by atoms with Crippen LogP contribution in [0.1, 0.15) is 5.76 Å². The summed E-state index contributed by atoms with van der Waals surface area (Å²) in [5, 5.41) is 21.5. The van der Waals surface area contributed by atoms with Crippen LogP contribution in [0.3, 0.4) is 0 Å². The molecule has 0 amide bonds. The van der Waals surface area contributed by atoms with Crippen LogP contribution in [0.25, 0.3) is 0 Å². The van der Waals surface area contributed by atoms with Crippen LogP contribution in [0.2, 0.25) is 0 Å². The maximum atomic E-state index is 10.1. The Morgan fingerprint density at radius 1 is 1.83 bits per heavy atom. The standard InChI is InChI=1S/C6H4N2O4/c9-3-1-2-5-4-6(7-12-5)8(10)11/h4,9H,3H2. The zero-order valence-electron chi connectivity index (χ0n) is 5.85. The number of nitrogens with zero attached hydrogens (tertiary/aromatic N) is 2. The Labute approximate surface area is 66.9 Å². The number of aliphatic hydroxyl groups is 1. The smallest absolute Gasteiger partial charge is 0.384 e. The van der Waals surface area contributed by atoms with E-state index in [1.165, 1.54) is 0 Å². The highest BCUT2D eigenvalue weighted by Gasteiger charge is 2.12. The van der Waals surface area contributed by atoms with Gasteiger partial charge in [0.05, 0.1) is 6.07 Å². The fraction of sp³-hybridized carbons (Fsp3) is 0.167. The van der Waals surface area contributed by atoms with E-state index in [4.69, 9.17) is 5.11 Å². The normalized spacial score (nSPS) is 8.75. The molecule has 0 aliphatic heterocycles. The van der Waals surface area contributed by atoms with Crippen LogP contribution in [0.4, 0.5) is 5.82 Å². The minimum absolute atomic E-state index is 0.0655. The molecule has 1 N–H and O–H groups in total. The monoisotopic (exact) mass is 168 g/mol. The van der Waals surface area contributed by atoms with Gasteiger partial charge in [-0.3, -0.25) is 0 Å². The predicted molar refractivity (Wildman–Crippen MR) is 37.1 cm³/mol. The highest BCUT2D eigenvalue weighted by molar-refractivity contribution is 5.30. The summed E-state index contributed by atoms with van der Waals surface area (Å²) in [4.78, 5) is 9.39. The van der Waals surface area contributed by atoms with Crippen LogP contribution < -0.4 is 0 Å². The van der Waals surface area contributed by atoms with Crippen molar-refractivity contribution in [2.45, 2.75) is 0 Å². The number of nitro groups is 1. The molecule has 6 heteroatoms. The van der Waals surface area contributed by atoms with Crippen molar-refractivity contribution in [1.82, 2.24) is 5.16 Å². The molecule has 0 spiro atoms. The number of aromatic nitrogens is 1. The van der Waals surface area contributed by atoms with Crippen LogP contribution in [0.5, 0.6) is 0 Å². The van der Waals surface area contributed by atoms with E-state index in [9.17, 15) is 10.1 Å². The Morgan fingerprint density at radius 2 is 2.58 bits per heavy atom.